The highest BCUT2D eigenvalue weighted by atomic mass is 19.3. The number of carbonyl (C=O) groups excluding carboxylic acids is 2. The number of aromatic hydroxyl groups is 1. The third-order valence-electron chi connectivity index (χ3n) is 5.33. The number of benzene rings is 2. The average Bonchev–Trinajstić information content (AvgIpc) is 2.74. The second-order valence-electron chi connectivity index (χ2n) is 7.29. The van der Waals surface area contributed by atoms with Gasteiger partial charge in [0, 0.05) is 17.2 Å². The van der Waals surface area contributed by atoms with Crippen molar-refractivity contribution in [1.82, 2.24) is 4.90 Å². The third-order valence-corrected chi connectivity index (χ3v) is 5.33. The quantitative estimate of drug-likeness (QED) is 0.667. The molecule has 0 radical (unpaired) electrons. The molecule has 8 heteroatoms. The maximum absolute atomic E-state index is 12.6. The molecule has 0 spiro atoms. The SMILES string of the molecule is CC(C(=O)Nc1ccc(OC(F)F)cc1)N1CCC(C(=O)c2ccc(O)cc2)CC1. The summed E-state index contributed by atoms with van der Waals surface area (Å²) in [4.78, 5) is 27.2. The number of alkyl halides is 2. The van der Waals surface area contributed by atoms with Crippen LogP contribution in [0.4, 0.5) is 14.5 Å². The first kappa shape index (κ1) is 21.7. The number of carbonyl (C=O) groups is 2. The van der Waals surface area contributed by atoms with E-state index in [9.17, 15) is 23.5 Å². The highest BCUT2D eigenvalue weighted by molar-refractivity contribution is 5.98. The zero-order chi connectivity index (χ0) is 21.7. The Balaban J connectivity index is 1.50. The van der Waals surface area contributed by atoms with Crippen LogP contribution >= 0.6 is 0 Å². The average molecular weight is 418 g/mol. The molecular weight excluding hydrogens is 394 g/mol. The first-order chi connectivity index (χ1) is 14.3. The smallest absolute Gasteiger partial charge is 0.387 e. The Morgan fingerprint density at radius 2 is 1.67 bits per heavy atom. The molecule has 30 heavy (non-hydrogen) atoms. The van der Waals surface area contributed by atoms with Crippen LogP contribution in [0, 0.1) is 5.92 Å². The van der Waals surface area contributed by atoms with E-state index < -0.39 is 12.7 Å². The van der Waals surface area contributed by atoms with Gasteiger partial charge in [-0.2, -0.15) is 8.78 Å². The van der Waals surface area contributed by atoms with Crippen molar-refractivity contribution in [2.75, 3.05) is 18.4 Å². The van der Waals surface area contributed by atoms with Gasteiger partial charge in [0.1, 0.15) is 11.5 Å². The molecule has 1 fully saturated rings. The van der Waals surface area contributed by atoms with Gasteiger partial charge in [0.05, 0.1) is 6.04 Å². The van der Waals surface area contributed by atoms with Gasteiger partial charge >= 0.3 is 6.61 Å². The number of hydrogen-bond acceptors (Lipinski definition) is 5. The zero-order valence-corrected chi connectivity index (χ0v) is 16.6. The number of nitrogens with one attached hydrogen (secondary N) is 1. The molecule has 2 N–H and O–H groups in total. The van der Waals surface area contributed by atoms with Crippen molar-refractivity contribution in [1.29, 1.82) is 0 Å². The number of piperidine rings is 1. The van der Waals surface area contributed by atoms with Crippen LogP contribution in [-0.4, -0.2) is 47.4 Å². The monoisotopic (exact) mass is 418 g/mol. The number of likely N-dealkylation sites (tertiary alicyclic amines) is 1. The number of ether oxygens (including phenoxy) is 1. The number of Topliss-reactive ketones (excluding diaryl/α,β-unsaturated/α-hetero) is 1. The van der Waals surface area contributed by atoms with Crippen LogP contribution in [0.5, 0.6) is 11.5 Å². The zero-order valence-electron chi connectivity index (χ0n) is 16.6. The molecule has 0 bridgehead atoms. The Bertz CT molecular complexity index is 864. The van der Waals surface area contributed by atoms with Crippen LogP contribution in [0.3, 0.4) is 0 Å². The Hall–Kier alpha value is -3.00. The van der Waals surface area contributed by atoms with Crippen molar-refractivity contribution in [3.8, 4) is 11.5 Å². The highest BCUT2D eigenvalue weighted by Crippen LogP contribution is 2.24. The van der Waals surface area contributed by atoms with Gasteiger partial charge in [0.25, 0.3) is 0 Å². The summed E-state index contributed by atoms with van der Waals surface area (Å²) in [7, 11) is 0. The maximum Gasteiger partial charge on any atom is 0.387 e. The number of ketones is 1. The molecule has 6 nitrogen and oxygen atoms in total. The van der Waals surface area contributed by atoms with Gasteiger partial charge in [-0.15, -0.1) is 0 Å². The van der Waals surface area contributed by atoms with Crippen molar-refractivity contribution in [3.63, 3.8) is 0 Å². The lowest BCUT2D eigenvalue weighted by atomic mass is 9.88. The summed E-state index contributed by atoms with van der Waals surface area (Å²) in [5, 5.41) is 12.1. The summed E-state index contributed by atoms with van der Waals surface area (Å²) >= 11 is 0. The third kappa shape index (κ3) is 5.54. The first-order valence-corrected chi connectivity index (χ1v) is 9.76. The summed E-state index contributed by atoms with van der Waals surface area (Å²) in [6, 6.07) is 11.6. The van der Waals surface area contributed by atoms with E-state index in [2.05, 4.69) is 10.1 Å². The molecule has 1 heterocycles. The van der Waals surface area contributed by atoms with E-state index in [1.54, 1.807) is 19.1 Å². The predicted octanol–water partition coefficient (Wildman–Crippen LogP) is 3.92. The molecule has 1 unspecified atom stereocenters. The Kier molecular flexibility index (Phi) is 6.99. The minimum absolute atomic E-state index is 0.0245. The summed E-state index contributed by atoms with van der Waals surface area (Å²) in [6.07, 6.45) is 1.30. The van der Waals surface area contributed by atoms with Crippen LogP contribution < -0.4 is 10.1 Å². The minimum Gasteiger partial charge on any atom is -0.508 e. The number of halogens is 2. The Labute approximate surface area is 173 Å². The molecule has 0 aromatic heterocycles. The molecule has 1 aliphatic heterocycles. The minimum atomic E-state index is -2.89. The maximum atomic E-state index is 12.6. The fourth-order valence-corrected chi connectivity index (χ4v) is 3.54. The lowest BCUT2D eigenvalue weighted by Crippen LogP contribution is -2.47. The van der Waals surface area contributed by atoms with Crippen LogP contribution in [0.15, 0.2) is 48.5 Å². The second-order valence-corrected chi connectivity index (χ2v) is 7.29. The molecule has 1 atom stereocenters. The van der Waals surface area contributed by atoms with Crippen LogP contribution in [0.1, 0.15) is 30.1 Å². The molecular formula is C22H24F2N2O4. The van der Waals surface area contributed by atoms with E-state index >= 15 is 0 Å². The molecule has 2 aromatic carbocycles. The van der Waals surface area contributed by atoms with Gasteiger partial charge in [0.15, 0.2) is 5.78 Å². The molecule has 0 aliphatic carbocycles. The van der Waals surface area contributed by atoms with Crippen molar-refractivity contribution >= 4 is 17.4 Å². The van der Waals surface area contributed by atoms with E-state index in [4.69, 9.17) is 0 Å². The summed E-state index contributed by atoms with van der Waals surface area (Å²) < 4.78 is 28.7. The molecule has 2 aromatic rings. The highest BCUT2D eigenvalue weighted by Gasteiger charge is 2.30. The topological polar surface area (TPSA) is 78.9 Å². The number of anilines is 1. The Morgan fingerprint density at radius 1 is 1.07 bits per heavy atom. The number of phenolic OH excluding ortho intramolecular Hbond substituents is 1. The fourth-order valence-electron chi connectivity index (χ4n) is 3.54. The summed E-state index contributed by atoms with van der Waals surface area (Å²) in [5.41, 5.74) is 1.07. The lowest BCUT2D eigenvalue weighted by molar-refractivity contribution is -0.121. The predicted molar refractivity (Wildman–Crippen MR) is 108 cm³/mol. The molecule has 1 aliphatic rings. The van der Waals surface area contributed by atoms with E-state index in [-0.39, 0.29) is 29.1 Å². The van der Waals surface area contributed by atoms with Crippen molar-refractivity contribution in [2.24, 2.45) is 5.92 Å². The number of hydrogen-bond donors (Lipinski definition) is 2. The van der Waals surface area contributed by atoms with E-state index in [1.165, 1.54) is 36.4 Å². The molecule has 1 saturated heterocycles. The van der Waals surface area contributed by atoms with Crippen molar-refractivity contribution < 1.29 is 28.2 Å². The van der Waals surface area contributed by atoms with Gasteiger partial charge in [-0.3, -0.25) is 14.5 Å². The summed E-state index contributed by atoms with van der Waals surface area (Å²) in [6.45, 7) is 0.134. The normalized spacial score (nSPS) is 16.3. The van der Waals surface area contributed by atoms with Gasteiger partial charge in [-0.25, -0.2) is 0 Å². The molecule has 1 amide bonds. The lowest BCUT2D eigenvalue weighted by Gasteiger charge is -2.34. The molecule has 3 rings (SSSR count). The first-order valence-electron chi connectivity index (χ1n) is 9.76. The van der Waals surface area contributed by atoms with Gasteiger partial charge < -0.3 is 15.2 Å². The van der Waals surface area contributed by atoms with E-state index in [1.807, 2.05) is 4.90 Å². The fraction of sp³-hybridized carbons (Fsp3) is 0.364. The van der Waals surface area contributed by atoms with Crippen LogP contribution in [0.25, 0.3) is 0 Å². The molecule has 160 valence electrons. The second kappa shape index (κ2) is 9.67. The van der Waals surface area contributed by atoms with Crippen LogP contribution in [0.2, 0.25) is 0 Å². The van der Waals surface area contributed by atoms with Gasteiger partial charge in [-0.1, -0.05) is 0 Å². The number of rotatable bonds is 7. The van der Waals surface area contributed by atoms with Gasteiger partial charge in [-0.05, 0) is 81.4 Å². The van der Waals surface area contributed by atoms with Gasteiger partial charge in [0.2, 0.25) is 5.91 Å². The standard InChI is InChI=1S/C22H24F2N2O4/c1-14(21(29)25-17-4-8-19(9-5-17)30-22(23)24)26-12-10-16(11-13-26)20(28)15-2-6-18(27)7-3-15/h2-9,14,16,22,27H,10-13H2,1H3,(H,25,29). The van der Waals surface area contributed by atoms with E-state index in [0.29, 0.717) is 37.2 Å². The number of phenols is 1. The largest absolute Gasteiger partial charge is 0.508 e. The van der Waals surface area contributed by atoms with Crippen molar-refractivity contribution in [3.05, 3.63) is 54.1 Å². The molecule has 0 saturated carbocycles. The number of amides is 1. The van der Waals surface area contributed by atoms with Crippen molar-refractivity contribution in [2.45, 2.75) is 32.4 Å². The van der Waals surface area contributed by atoms with Crippen LogP contribution in [-0.2, 0) is 4.79 Å². The Morgan fingerprint density at radius 3 is 2.23 bits per heavy atom. The number of nitrogens with zero attached hydrogens (tertiary/aromatic N) is 1. The van der Waals surface area contributed by atoms with E-state index in [0.717, 1.165) is 0 Å². The summed E-state index contributed by atoms with van der Waals surface area (Å²) in [5.74, 6) is -0.115.